The zero-order chi connectivity index (χ0) is 35.8. The van der Waals surface area contributed by atoms with Gasteiger partial charge >= 0.3 is 0 Å². The summed E-state index contributed by atoms with van der Waals surface area (Å²) in [5.74, 6) is -0.952. The maximum atomic E-state index is 12.2. The monoisotopic (exact) mass is 733 g/mol. The van der Waals surface area contributed by atoms with Crippen molar-refractivity contribution in [1.82, 2.24) is 0 Å². The zero-order valence-electron chi connectivity index (χ0n) is 25.1. The van der Waals surface area contributed by atoms with E-state index in [1.54, 1.807) is 54.6 Å². The van der Waals surface area contributed by atoms with Crippen LogP contribution in [0.3, 0.4) is 0 Å². The Labute approximate surface area is 284 Å². The summed E-state index contributed by atoms with van der Waals surface area (Å²) in [6, 6.07) is 26.6. The molecule has 0 aliphatic carbocycles. The number of rotatable bonds is 9. The summed E-state index contributed by atoms with van der Waals surface area (Å²) in [7, 11) is -14.3. The van der Waals surface area contributed by atoms with Crippen LogP contribution in [0.1, 0.15) is 0 Å². The second-order valence-electron chi connectivity index (χ2n) is 10.6. The molecule has 6 rings (SSSR count). The van der Waals surface area contributed by atoms with Gasteiger partial charge in [-0.05, 0) is 66.0 Å². The van der Waals surface area contributed by atoms with Gasteiger partial charge in [0.05, 0.1) is 27.6 Å². The maximum Gasteiger partial charge on any atom is 0.298 e. The molecule has 0 unspecified atom stereocenters. The highest BCUT2D eigenvalue weighted by Crippen LogP contribution is 2.43. The minimum atomic E-state index is -5.01. The van der Waals surface area contributed by atoms with Crippen LogP contribution in [0.25, 0.3) is 21.5 Å². The number of phenolic OH excluding ortho intramolecular Hbond substituents is 1. The lowest BCUT2D eigenvalue weighted by Crippen LogP contribution is -2.03. The van der Waals surface area contributed by atoms with Crippen LogP contribution in [0.15, 0.2) is 144 Å². The highest BCUT2D eigenvalue weighted by atomic mass is 32.2. The van der Waals surface area contributed by atoms with Crippen LogP contribution in [0.4, 0.5) is 34.1 Å². The first-order valence-corrected chi connectivity index (χ1v) is 18.5. The first-order chi connectivity index (χ1) is 23.6. The summed E-state index contributed by atoms with van der Waals surface area (Å²) >= 11 is 0. The van der Waals surface area contributed by atoms with Crippen LogP contribution in [-0.2, 0) is 30.4 Å². The third-order valence-corrected chi connectivity index (χ3v) is 9.91. The molecule has 15 nitrogen and oxygen atoms in total. The number of nitrogens with one attached hydrogen (secondary N) is 1. The van der Waals surface area contributed by atoms with Crippen LogP contribution >= 0.6 is 0 Å². The summed E-state index contributed by atoms with van der Waals surface area (Å²) in [5, 5.41) is 31.4. The average molecular weight is 734 g/mol. The highest BCUT2D eigenvalue weighted by Gasteiger charge is 2.23. The van der Waals surface area contributed by atoms with Gasteiger partial charge in [-0.1, -0.05) is 48.5 Å². The van der Waals surface area contributed by atoms with E-state index in [0.29, 0.717) is 22.1 Å². The third-order valence-electron chi connectivity index (χ3n) is 7.30. The number of nitrogens with zero attached hydrogens (tertiary/aromatic N) is 4. The number of aromatic hydroxyl groups is 1. The number of para-hydroxylation sites is 1. The first kappa shape index (κ1) is 34.2. The summed E-state index contributed by atoms with van der Waals surface area (Å²) < 4.78 is 101. The fourth-order valence-corrected chi connectivity index (χ4v) is 6.81. The van der Waals surface area contributed by atoms with E-state index in [4.69, 9.17) is 0 Å². The Bertz CT molecular complexity index is 2720. The Morgan fingerprint density at radius 2 is 1.12 bits per heavy atom. The smallest absolute Gasteiger partial charge is 0.298 e. The van der Waals surface area contributed by atoms with Crippen LogP contribution in [0.5, 0.6) is 5.75 Å². The van der Waals surface area contributed by atoms with E-state index in [9.17, 15) is 44.0 Å². The van der Waals surface area contributed by atoms with Crippen LogP contribution in [0.2, 0.25) is 0 Å². The number of fused-ring (bicyclic) bond motifs is 2. The molecule has 0 fully saturated rings. The van der Waals surface area contributed by atoms with Gasteiger partial charge in [-0.2, -0.15) is 30.4 Å². The van der Waals surface area contributed by atoms with Gasteiger partial charge in [0.1, 0.15) is 15.5 Å². The molecule has 0 saturated carbocycles. The molecule has 0 aromatic heterocycles. The molecule has 0 bridgehead atoms. The van der Waals surface area contributed by atoms with Gasteiger partial charge in [0.25, 0.3) is 30.4 Å². The Morgan fingerprint density at radius 3 is 1.72 bits per heavy atom. The fraction of sp³-hybridized carbons (Fsp3) is 0. The Balaban J connectivity index is 1.39. The third kappa shape index (κ3) is 7.20. The lowest BCUT2D eigenvalue weighted by atomic mass is 10.1. The molecular formula is C32H23N5O10S3. The minimum absolute atomic E-state index is 0.0509. The molecule has 0 aliphatic rings. The number of azo groups is 2. The largest absolute Gasteiger partial charge is 0.504 e. The molecule has 0 aliphatic heterocycles. The summed E-state index contributed by atoms with van der Waals surface area (Å²) in [5.41, 5.74) is 0.976. The highest BCUT2D eigenvalue weighted by molar-refractivity contribution is 7.86. The lowest BCUT2D eigenvalue weighted by Gasteiger charge is -2.11. The van der Waals surface area contributed by atoms with Gasteiger partial charge in [0.2, 0.25) is 0 Å². The predicted octanol–water partition coefficient (Wildman–Crippen LogP) is 8.01. The van der Waals surface area contributed by atoms with Gasteiger partial charge in [-0.15, -0.1) is 15.3 Å². The van der Waals surface area contributed by atoms with Crippen LogP contribution in [0, 0.1) is 0 Å². The second-order valence-corrected chi connectivity index (χ2v) is 14.8. The Hall–Kier alpha value is -5.63. The molecule has 0 spiro atoms. The van der Waals surface area contributed by atoms with E-state index < -0.39 is 56.5 Å². The van der Waals surface area contributed by atoms with Crippen molar-refractivity contribution in [3.63, 3.8) is 0 Å². The van der Waals surface area contributed by atoms with E-state index in [1.165, 1.54) is 30.3 Å². The van der Waals surface area contributed by atoms with Gasteiger partial charge in [-0.3, -0.25) is 13.7 Å². The SMILES string of the molecule is O=S(=O)(O)c1ccc2c(N=Nc3ccc(N=Nc4ccc(Nc5ccccc5)c(S(=O)(=O)O)c4)c4ccccc34)c(O)c(S(=O)(=O)O)cc2c1. The number of benzene rings is 6. The number of hydrogen-bond acceptors (Lipinski definition) is 12. The average Bonchev–Trinajstić information content (AvgIpc) is 3.06. The van der Waals surface area contributed by atoms with Crippen molar-refractivity contribution in [2.24, 2.45) is 20.5 Å². The molecule has 0 amide bonds. The van der Waals surface area contributed by atoms with Crippen molar-refractivity contribution in [1.29, 1.82) is 0 Å². The number of hydrogen-bond donors (Lipinski definition) is 5. The van der Waals surface area contributed by atoms with Crippen molar-refractivity contribution in [3.8, 4) is 5.75 Å². The normalized spacial score (nSPS) is 12.7. The molecule has 0 atom stereocenters. The quantitative estimate of drug-likeness (QED) is 0.0703. The van der Waals surface area contributed by atoms with Gasteiger partial charge in [-0.25, -0.2) is 0 Å². The molecule has 50 heavy (non-hydrogen) atoms. The molecule has 254 valence electrons. The molecule has 0 saturated heterocycles. The molecule has 0 heterocycles. The van der Waals surface area contributed by atoms with Crippen molar-refractivity contribution < 1.29 is 44.0 Å². The van der Waals surface area contributed by atoms with Gasteiger partial charge in [0.15, 0.2) is 5.75 Å². The second kappa shape index (κ2) is 13.0. The summed E-state index contributed by atoms with van der Waals surface area (Å²) in [6.07, 6.45) is 0. The molecule has 6 aromatic rings. The molecule has 5 N–H and O–H groups in total. The van der Waals surface area contributed by atoms with E-state index in [1.807, 2.05) is 0 Å². The topological polar surface area (TPSA) is 245 Å². The standard InChI is InChI=1S/C32H23N5O10S3/c38-32-30(50(45,46)47)17-19-16-22(48(39,40)41)11-12-23(19)31(32)37-36-27-15-14-26(24-8-4-5-9-25(24)27)35-34-21-10-13-28(29(18-21)49(42,43)44)33-20-6-2-1-3-7-20/h1-18,33,38H,(H,39,40,41)(H,42,43,44)(H,45,46,47). The molecule has 0 radical (unpaired) electrons. The summed E-state index contributed by atoms with van der Waals surface area (Å²) in [4.78, 5) is -1.95. The van der Waals surface area contributed by atoms with Crippen molar-refractivity contribution in [2.45, 2.75) is 14.7 Å². The first-order valence-electron chi connectivity index (χ1n) is 14.1. The zero-order valence-corrected chi connectivity index (χ0v) is 27.6. The molecule has 6 aromatic carbocycles. The minimum Gasteiger partial charge on any atom is -0.504 e. The maximum absolute atomic E-state index is 12.2. The predicted molar refractivity (Wildman–Crippen MR) is 184 cm³/mol. The Morgan fingerprint density at radius 1 is 0.520 bits per heavy atom. The van der Waals surface area contributed by atoms with E-state index in [2.05, 4.69) is 25.8 Å². The van der Waals surface area contributed by atoms with Crippen molar-refractivity contribution >= 4 is 86.0 Å². The fourth-order valence-electron chi connectivity index (χ4n) is 5.01. The summed E-state index contributed by atoms with van der Waals surface area (Å²) in [6.45, 7) is 0. The van der Waals surface area contributed by atoms with Crippen LogP contribution in [-0.4, -0.2) is 44.0 Å². The van der Waals surface area contributed by atoms with Crippen molar-refractivity contribution in [3.05, 3.63) is 109 Å². The van der Waals surface area contributed by atoms with Gasteiger partial charge < -0.3 is 10.4 Å². The lowest BCUT2D eigenvalue weighted by molar-refractivity contribution is 0.445. The molecule has 18 heteroatoms. The van der Waals surface area contributed by atoms with E-state index in [0.717, 1.165) is 24.3 Å². The van der Waals surface area contributed by atoms with Crippen molar-refractivity contribution in [2.75, 3.05) is 5.32 Å². The number of phenols is 1. The van der Waals surface area contributed by atoms with Crippen LogP contribution < -0.4 is 5.32 Å². The van der Waals surface area contributed by atoms with E-state index in [-0.39, 0.29) is 27.8 Å². The Kier molecular flexibility index (Phi) is 8.91. The van der Waals surface area contributed by atoms with Gasteiger partial charge in [0, 0.05) is 21.8 Å². The molecular weight excluding hydrogens is 711 g/mol. The van der Waals surface area contributed by atoms with E-state index >= 15 is 0 Å². The number of anilines is 2.